The maximum Gasteiger partial charge on any atom is 0.135 e. The molecule has 2 unspecified atom stereocenters. The number of anilines is 4. The molecule has 0 spiro atoms. The number of hydrogen-bond donors (Lipinski definition) is 4. The number of benzene rings is 2. The number of hydrazine groups is 4. The second-order valence-electron chi connectivity index (χ2n) is 9.27. The highest BCUT2D eigenvalue weighted by Gasteiger charge is 2.44. The lowest BCUT2D eigenvalue weighted by atomic mass is 10.1. The third kappa shape index (κ3) is 3.57. The fourth-order valence-electron chi connectivity index (χ4n) is 5.69. The molecule has 0 radical (unpaired) electrons. The molecule has 2 aromatic rings. The number of nitrogens with zero attached hydrogens (tertiary/aromatic N) is 4. The van der Waals surface area contributed by atoms with Crippen LogP contribution >= 0.6 is 0 Å². The summed E-state index contributed by atoms with van der Waals surface area (Å²) in [7, 11) is 0. The molecule has 2 atom stereocenters. The van der Waals surface area contributed by atoms with E-state index >= 15 is 0 Å². The van der Waals surface area contributed by atoms with Crippen molar-refractivity contribution in [2.45, 2.75) is 50.9 Å². The van der Waals surface area contributed by atoms with E-state index in [2.05, 4.69) is 90.3 Å². The molecule has 0 aromatic heterocycles. The first-order valence-electron chi connectivity index (χ1n) is 12.2. The van der Waals surface area contributed by atoms with Crippen molar-refractivity contribution in [3.8, 4) is 0 Å². The molecule has 4 heterocycles. The second kappa shape index (κ2) is 8.78. The number of rotatable bonds is 5. The fraction of sp³-hybridized carbons (Fsp3) is 0.500. The van der Waals surface area contributed by atoms with E-state index < -0.39 is 0 Å². The Bertz CT molecular complexity index is 848. The van der Waals surface area contributed by atoms with Crippen LogP contribution in [0.1, 0.15) is 38.5 Å². The summed E-state index contributed by atoms with van der Waals surface area (Å²) < 4.78 is 0. The quantitative estimate of drug-likeness (QED) is 0.572. The van der Waals surface area contributed by atoms with Gasteiger partial charge in [-0.05, 0) is 49.9 Å². The van der Waals surface area contributed by atoms with E-state index in [0.717, 1.165) is 37.6 Å². The molecule has 8 heteroatoms. The Kier molecular flexibility index (Phi) is 5.52. The van der Waals surface area contributed by atoms with Crippen molar-refractivity contribution in [2.75, 3.05) is 47.0 Å². The van der Waals surface area contributed by atoms with Crippen molar-refractivity contribution < 1.29 is 0 Å². The summed E-state index contributed by atoms with van der Waals surface area (Å²) in [5.74, 6) is 0. The van der Waals surface area contributed by atoms with Gasteiger partial charge in [-0.1, -0.05) is 37.1 Å². The lowest BCUT2D eigenvalue weighted by molar-refractivity contribution is 0.0424. The molecule has 2 saturated heterocycles. The van der Waals surface area contributed by atoms with Gasteiger partial charge in [0.2, 0.25) is 0 Å². The van der Waals surface area contributed by atoms with E-state index in [4.69, 9.17) is 0 Å². The van der Waals surface area contributed by atoms with Crippen LogP contribution in [-0.2, 0) is 0 Å². The van der Waals surface area contributed by atoms with Gasteiger partial charge in [-0.3, -0.25) is 19.8 Å². The van der Waals surface area contributed by atoms with Gasteiger partial charge >= 0.3 is 0 Å². The van der Waals surface area contributed by atoms with Crippen molar-refractivity contribution in [2.24, 2.45) is 0 Å². The SMILES string of the molecule is c1ccc2c(c1)NNN2C(C(N1CCCCC1)N1NNc2ccccc21)N1CCCCC1. The van der Waals surface area contributed by atoms with Gasteiger partial charge in [-0.2, -0.15) is 0 Å². The molecule has 6 rings (SSSR count). The van der Waals surface area contributed by atoms with Crippen molar-refractivity contribution in [3.63, 3.8) is 0 Å². The van der Waals surface area contributed by atoms with Gasteiger partial charge in [-0.15, -0.1) is 11.1 Å². The van der Waals surface area contributed by atoms with Crippen LogP contribution in [0.25, 0.3) is 0 Å². The predicted molar refractivity (Wildman–Crippen MR) is 130 cm³/mol. The van der Waals surface area contributed by atoms with Gasteiger partial charge in [0.05, 0.1) is 22.7 Å². The molecule has 2 aromatic carbocycles. The topological polar surface area (TPSA) is 61.1 Å². The molecule has 170 valence electrons. The summed E-state index contributed by atoms with van der Waals surface area (Å²) in [6.45, 7) is 4.49. The largest absolute Gasteiger partial charge is 0.302 e. The normalized spacial score (nSPS) is 23.2. The Morgan fingerprint density at radius 2 is 0.938 bits per heavy atom. The molecular formula is C24H34N8. The van der Waals surface area contributed by atoms with E-state index in [0.29, 0.717) is 0 Å². The highest BCUT2D eigenvalue weighted by atomic mass is 15.8. The average Bonchev–Trinajstić information content (AvgIpc) is 3.48. The Hall–Kier alpha value is -2.52. The standard InChI is InChI=1S/C24H34N8/c1-7-15-29(16-8-1)23(31-21-13-5-3-11-19(21)25-27-31)24(30-17-9-2-10-18-30)32-22-14-6-4-12-20(22)26-28-32/h3-6,11-14,23-28H,1-2,7-10,15-18H2. The first-order chi connectivity index (χ1) is 15.9. The number of para-hydroxylation sites is 4. The lowest BCUT2D eigenvalue weighted by Crippen LogP contribution is -2.70. The van der Waals surface area contributed by atoms with Crippen molar-refractivity contribution in [3.05, 3.63) is 48.5 Å². The second-order valence-corrected chi connectivity index (χ2v) is 9.27. The van der Waals surface area contributed by atoms with Crippen LogP contribution < -0.4 is 31.9 Å². The van der Waals surface area contributed by atoms with Gasteiger partial charge < -0.3 is 10.9 Å². The first kappa shape index (κ1) is 20.1. The van der Waals surface area contributed by atoms with E-state index in [-0.39, 0.29) is 12.3 Å². The third-order valence-electron chi connectivity index (χ3n) is 7.27. The van der Waals surface area contributed by atoms with Crippen LogP contribution in [0, 0.1) is 0 Å². The highest BCUT2D eigenvalue weighted by molar-refractivity contribution is 5.75. The number of nitrogens with one attached hydrogen (secondary N) is 4. The maximum absolute atomic E-state index is 3.53. The Morgan fingerprint density at radius 1 is 0.531 bits per heavy atom. The first-order valence-corrected chi connectivity index (χ1v) is 12.2. The Balaban J connectivity index is 1.43. The molecule has 4 aliphatic heterocycles. The number of piperidine rings is 2. The van der Waals surface area contributed by atoms with Crippen molar-refractivity contribution in [1.29, 1.82) is 0 Å². The molecule has 8 nitrogen and oxygen atoms in total. The molecule has 0 bridgehead atoms. The maximum atomic E-state index is 3.53. The van der Waals surface area contributed by atoms with Gasteiger partial charge in [0.25, 0.3) is 0 Å². The molecular weight excluding hydrogens is 400 g/mol. The Labute approximate surface area is 190 Å². The van der Waals surface area contributed by atoms with E-state index in [1.807, 2.05) is 0 Å². The fourth-order valence-corrected chi connectivity index (χ4v) is 5.69. The monoisotopic (exact) mass is 434 g/mol. The van der Waals surface area contributed by atoms with Gasteiger partial charge in [0.1, 0.15) is 12.3 Å². The smallest absolute Gasteiger partial charge is 0.135 e. The number of likely N-dealkylation sites (tertiary alicyclic amines) is 2. The summed E-state index contributed by atoms with van der Waals surface area (Å²) in [5.41, 5.74) is 18.6. The molecule has 0 saturated carbocycles. The van der Waals surface area contributed by atoms with Crippen LogP contribution in [0.3, 0.4) is 0 Å². The highest BCUT2D eigenvalue weighted by Crippen LogP contribution is 2.38. The van der Waals surface area contributed by atoms with Gasteiger partial charge in [0, 0.05) is 26.2 Å². The summed E-state index contributed by atoms with van der Waals surface area (Å²) in [6, 6.07) is 17.2. The summed E-state index contributed by atoms with van der Waals surface area (Å²) in [5, 5.41) is 4.73. The zero-order chi connectivity index (χ0) is 21.3. The summed E-state index contributed by atoms with van der Waals surface area (Å²) in [4.78, 5) is 5.37. The van der Waals surface area contributed by atoms with Crippen LogP contribution in [0.2, 0.25) is 0 Å². The van der Waals surface area contributed by atoms with Crippen molar-refractivity contribution in [1.82, 2.24) is 20.9 Å². The van der Waals surface area contributed by atoms with E-state index in [1.165, 1.54) is 49.9 Å². The zero-order valence-corrected chi connectivity index (χ0v) is 18.6. The molecule has 0 amide bonds. The minimum atomic E-state index is 0.144. The average molecular weight is 435 g/mol. The molecule has 0 aliphatic carbocycles. The van der Waals surface area contributed by atoms with E-state index in [1.54, 1.807) is 0 Å². The predicted octanol–water partition coefficient (Wildman–Crippen LogP) is 3.31. The minimum absolute atomic E-state index is 0.144. The molecule has 2 fully saturated rings. The number of hydrogen-bond acceptors (Lipinski definition) is 8. The summed E-state index contributed by atoms with van der Waals surface area (Å²) in [6.07, 6.45) is 7.97. The van der Waals surface area contributed by atoms with Crippen LogP contribution in [-0.4, -0.2) is 48.3 Å². The Morgan fingerprint density at radius 3 is 1.38 bits per heavy atom. The van der Waals surface area contributed by atoms with Crippen LogP contribution in [0.4, 0.5) is 22.7 Å². The van der Waals surface area contributed by atoms with Crippen molar-refractivity contribution >= 4 is 22.7 Å². The van der Waals surface area contributed by atoms with Crippen LogP contribution in [0.15, 0.2) is 48.5 Å². The lowest BCUT2D eigenvalue weighted by Gasteiger charge is -2.51. The molecule has 4 aliphatic rings. The molecule has 4 N–H and O–H groups in total. The third-order valence-corrected chi connectivity index (χ3v) is 7.27. The summed E-state index contributed by atoms with van der Waals surface area (Å²) >= 11 is 0. The number of fused-ring (bicyclic) bond motifs is 2. The zero-order valence-electron chi connectivity index (χ0n) is 18.6. The molecule has 32 heavy (non-hydrogen) atoms. The van der Waals surface area contributed by atoms with Gasteiger partial charge in [0.15, 0.2) is 0 Å². The minimum Gasteiger partial charge on any atom is -0.302 e. The van der Waals surface area contributed by atoms with Gasteiger partial charge in [-0.25, -0.2) is 0 Å². The van der Waals surface area contributed by atoms with E-state index in [9.17, 15) is 0 Å². The van der Waals surface area contributed by atoms with Crippen LogP contribution in [0.5, 0.6) is 0 Å².